The summed E-state index contributed by atoms with van der Waals surface area (Å²) < 4.78 is 7.58. The Bertz CT molecular complexity index is 577. The van der Waals surface area contributed by atoms with Crippen LogP contribution in [0.3, 0.4) is 0 Å². The lowest BCUT2D eigenvalue weighted by molar-refractivity contribution is 0.309. The van der Waals surface area contributed by atoms with E-state index in [1.54, 1.807) is 0 Å². The minimum atomic E-state index is 0.408. The molecule has 0 aliphatic carbocycles. The average molecular weight is 286 g/mol. The maximum atomic E-state index is 5.72. The van der Waals surface area contributed by atoms with Crippen LogP contribution in [0.15, 0.2) is 42.5 Å². The number of para-hydroxylation sites is 1. The van der Waals surface area contributed by atoms with E-state index in [1.165, 1.54) is 0 Å². The first-order valence-electron chi connectivity index (χ1n) is 7.14. The third-order valence-electron chi connectivity index (χ3n) is 3.10. The molecule has 0 aliphatic heterocycles. The highest BCUT2D eigenvalue weighted by Crippen LogP contribution is 2.12. The van der Waals surface area contributed by atoms with Gasteiger partial charge in [0, 0.05) is 6.54 Å². The molecule has 1 aromatic carbocycles. The molecule has 1 aromatic heterocycles. The van der Waals surface area contributed by atoms with Gasteiger partial charge in [0.2, 0.25) is 0 Å². The standard InChI is InChI=1S/C16H22N4O/c1-13(2)12-20-16(15(11-17)18-19-20)9-6-10-21-14-7-4-3-5-8-14/h3-5,7-8H,1,6,9-12,17H2,2H3. The SMILES string of the molecule is C=C(C)Cn1nnc(CN)c1CCCOc1ccccc1. The van der Waals surface area contributed by atoms with Gasteiger partial charge in [0.25, 0.3) is 0 Å². The molecule has 0 unspecified atom stereocenters. The Labute approximate surface area is 125 Å². The predicted octanol–water partition coefficient (Wildman–Crippen LogP) is 2.32. The van der Waals surface area contributed by atoms with Gasteiger partial charge in [0.05, 0.1) is 24.5 Å². The molecule has 1 heterocycles. The average Bonchev–Trinajstić information content (AvgIpc) is 2.86. The molecule has 2 aromatic rings. The Kier molecular flexibility index (Phi) is 5.51. The van der Waals surface area contributed by atoms with E-state index >= 15 is 0 Å². The Hall–Kier alpha value is -2.14. The number of rotatable bonds is 8. The van der Waals surface area contributed by atoms with Crippen molar-refractivity contribution in [3.8, 4) is 5.75 Å². The number of ether oxygens (including phenoxy) is 1. The van der Waals surface area contributed by atoms with E-state index in [0.717, 1.165) is 35.6 Å². The van der Waals surface area contributed by atoms with Crippen LogP contribution >= 0.6 is 0 Å². The van der Waals surface area contributed by atoms with Crippen molar-refractivity contribution in [2.24, 2.45) is 5.73 Å². The second-order valence-electron chi connectivity index (χ2n) is 5.07. The smallest absolute Gasteiger partial charge is 0.119 e. The Morgan fingerprint density at radius 3 is 2.76 bits per heavy atom. The van der Waals surface area contributed by atoms with Crippen LogP contribution in [0.4, 0.5) is 0 Å². The van der Waals surface area contributed by atoms with E-state index in [4.69, 9.17) is 10.5 Å². The van der Waals surface area contributed by atoms with Crippen molar-refractivity contribution >= 4 is 0 Å². The van der Waals surface area contributed by atoms with Crippen LogP contribution in [0.5, 0.6) is 5.75 Å². The minimum absolute atomic E-state index is 0.408. The van der Waals surface area contributed by atoms with Crippen LogP contribution in [0.2, 0.25) is 0 Å². The highest BCUT2D eigenvalue weighted by atomic mass is 16.5. The van der Waals surface area contributed by atoms with Gasteiger partial charge in [-0.2, -0.15) is 0 Å². The van der Waals surface area contributed by atoms with Crippen molar-refractivity contribution in [3.63, 3.8) is 0 Å². The molecular weight excluding hydrogens is 264 g/mol. The number of nitrogens with zero attached hydrogens (tertiary/aromatic N) is 3. The van der Waals surface area contributed by atoms with Crippen molar-refractivity contribution in [3.05, 3.63) is 53.9 Å². The fraction of sp³-hybridized carbons (Fsp3) is 0.375. The molecule has 2 N–H and O–H groups in total. The van der Waals surface area contributed by atoms with Gasteiger partial charge in [-0.05, 0) is 31.9 Å². The van der Waals surface area contributed by atoms with Gasteiger partial charge in [-0.1, -0.05) is 35.6 Å². The number of benzene rings is 1. The van der Waals surface area contributed by atoms with E-state index in [-0.39, 0.29) is 0 Å². The largest absolute Gasteiger partial charge is 0.494 e. The number of hydrogen-bond donors (Lipinski definition) is 1. The molecule has 0 aliphatic rings. The van der Waals surface area contributed by atoms with Gasteiger partial charge in [-0.15, -0.1) is 5.10 Å². The maximum Gasteiger partial charge on any atom is 0.119 e. The summed E-state index contributed by atoms with van der Waals surface area (Å²) in [6.07, 6.45) is 1.74. The number of allylic oxidation sites excluding steroid dienone is 1. The molecule has 0 bridgehead atoms. The third-order valence-corrected chi connectivity index (χ3v) is 3.10. The van der Waals surface area contributed by atoms with Crippen LogP contribution in [-0.2, 0) is 19.5 Å². The molecule has 5 heteroatoms. The zero-order valence-corrected chi connectivity index (χ0v) is 12.5. The van der Waals surface area contributed by atoms with Gasteiger partial charge >= 0.3 is 0 Å². The maximum absolute atomic E-state index is 5.72. The molecule has 112 valence electrons. The lowest BCUT2D eigenvalue weighted by Gasteiger charge is -2.09. The first-order chi connectivity index (χ1) is 10.2. The molecule has 0 fully saturated rings. The van der Waals surface area contributed by atoms with Gasteiger partial charge in [-0.3, -0.25) is 0 Å². The van der Waals surface area contributed by atoms with Crippen LogP contribution < -0.4 is 10.5 Å². The van der Waals surface area contributed by atoms with Crippen LogP contribution in [0.25, 0.3) is 0 Å². The number of nitrogens with two attached hydrogens (primary N) is 1. The number of aromatic nitrogens is 3. The summed E-state index contributed by atoms with van der Waals surface area (Å²) in [5.41, 5.74) is 8.71. The molecule has 0 radical (unpaired) electrons. The zero-order valence-electron chi connectivity index (χ0n) is 12.5. The lowest BCUT2D eigenvalue weighted by Crippen LogP contribution is -2.10. The van der Waals surface area contributed by atoms with Crippen molar-refractivity contribution in [2.45, 2.75) is 32.9 Å². The molecule has 5 nitrogen and oxygen atoms in total. The second kappa shape index (κ2) is 7.59. The third kappa shape index (κ3) is 4.43. The molecule has 0 saturated heterocycles. The Balaban J connectivity index is 1.89. The molecule has 2 rings (SSSR count). The second-order valence-corrected chi connectivity index (χ2v) is 5.07. The van der Waals surface area contributed by atoms with Crippen molar-refractivity contribution in [1.29, 1.82) is 0 Å². The van der Waals surface area contributed by atoms with E-state index in [0.29, 0.717) is 19.7 Å². The lowest BCUT2D eigenvalue weighted by atomic mass is 10.2. The molecule has 0 spiro atoms. The van der Waals surface area contributed by atoms with Crippen LogP contribution in [-0.4, -0.2) is 21.6 Å². The Morgan fingerprint density at radius 1 is 1.33 bits per heavy atom. The first-order valence-corrected chi connectivity index (χ1v) is 7.14. The van der Waals surface area contributed by atoms with Gasteiger partial charge in [0.15, 0.2) is 0 Å². The van der Waals surface area contributed by atoms with Crippen LogP contribution in [0, 0.1) is 0 Å². The summed E-state index contributed by atoms with van der Waals surface area (Å²) in [5.74, 6) is 0.894. The molecule has 0 amide bonds. The highest BCUT2D eigenvalue weighted by Gasteiger charge is 2.11. The van der Waals surface area contributed by atoms with Crippen LogP contribution in [0.1, 0.15) is 24.7 Å². The Morgan fingerprint density at radius 2 is 2.10 bits per heavy atom. The van der Waals surface area contributed by atoms with E-state index in [9.17, 15) is 0 Å². The van der Waals surface area contributed by atoms with Gasteiger partial charge in [-0.25, -0.2) is 4.68 Å². The predicted molar refractivity (Wildman–Crippen MR) is 83.0 cm³/mol. The highest BCUT2D eigenvalue weighted by molar-refractivity contribution is 5.20. The summed E-state index contributed by atoms with van der Waals surface area (Å²) >= 11 is 0. The zero-order chi connectivity index (χ0) is 15.1. The van der Waals surface area contributed by atoms with Crippen molar-refractivity contribution in [2.75, 3.05) is 6.61 Å². The normalized spacial score (nSPS) is 10.6. The first kappa shape index (κ1) is 15.3. The van der Waals surface area contributed by atoms with Crippen molar-refractivity contribution in [1.82, 2.24) is 15.0 Å². The fourth-order valence-electron chi connectivity index (χ4n) is 2.13. The van der Waals surface area contributed by atoms with E-state index in [1.807, 2.05) is 41.9 Å². The monoisotopic (exact) mass is 286 g/mol. The topological polar surface area (TPSA) is 66.0 Å². The number of hydrogen-bond acceptors (Lipinski definition) is 4. The summed E-state index contributed by atoms with van der Waals surface area (Å²) in [6.45, 7) is 7.65. The molecule has 0 saturated carbocycles. The summed E-state index contributed by atoms with van der Waals surface area (Å²) in [6, 6.07) is 9.82. The van der Waals surface area contributed by atoms with E-state index in [2.05, 4.69) is 16.9 Å². The van der Waals surface area contributed by atoms with Gasteiger partial charge < -0.3 is 10.5 Å². The minimum Gasteiger partial charge on any atom is -0.494 e. The summed E-state index contributed by atoms with van der Waals surface area (Å²) in [7, 11) is 0. The molecular formula is C16H22N4O. The van der Waals surface area contributed by atoms with Crippen molar-refractivity contribution < 1.29 is 4.74 Å². The summed E-state index contributed by atoms with van der Waals surface area (Å²) in [5, 5.41) is 8.28. The quantitative estimate of drug-likeness (QED) is 0.597. The summed E-state index contributed by atoms with van der Waals surface area (Å²) in [4.78, 5) is 0. The van der Waals surface area contributed by atoms with Gasteiger partial charge in [0.1, 0.15) is 5.75 Å². The fourth-order valence-corrected chi connectivity index (χ4v) is 2.13. The molecule has 0 atom stereocenters. The van der Waals surface area contributed by atoms with E-state index < -0.39 is 0 Å². The molecule has 21 heavy (non-hydrogen) atoms.